The summed E-state index contributed by atoms with van der Waals surface area (Å²) < 4.78 is 7.10. The molecule has 3 aromatic rings. The maximum absolute atomic E-state index is 12.5. The molecule has 0 saturated heterocycles. The highest BCUT2D eigenvalue weighted by atomic mass is 32.2. The molecule has 0 aliphatic heterocycles. The van der Waals surface area contributed by atoms with E-state index in [9.17, 15) is 14.4 Å². The molecule has 10 heteroatoms. The summed E-state index contributed by atoms with van der Waals surface area (Å²) in [5, 5.41) is 0.529. The molecule has 1 aromatic carbocycles. The van der Waals surface area contributed by atoms with Crippen LogP contribution in [-0.2, 0) is 14.1 Å². The summed E-state index contributed by atoms with van der Waals surface area (Å²) >= 11 is 1.15. The fourth-order valence-electron chi connectivity index (χ4n) is 2.49. The van der Waals surface area contributed by atoms with Crippen molar-refractivity contribution in [1.29, 1.82) is 0 Å². The molecule has 26 heavy (non-hydrogen) atoms. The quantitative estimate of drug-likeness (QED) is 0.492. The van der Waals surface area contributed by atoms with E-state index in [-0.39, 0.29) is 17.1 Å². The first-order valence-corrected chi connectivity index (χ1v) is 8.57. The fraction of sp³-hybridized carbons (Fsp3) is 0.250. The molecule has 0 amide bonds. The van der Waals surface area contributed by atoms with Crippen molar-refractivity contribution in [1.82, 2.24) is 19.1 Å². The van der Waals surface area contributed by atoms with E-state index in [4.69, 9.17) is 10.5 Å². The number of nitrogen functional groups attached to an aromatic ring is 1. The first-order chi connectivity index (χ1) is 12.3. The number of H-pyrrole nitrogens is 1. The summed E-state index contributed by atoms with van der Waals surface area (Å²) in [5.74, 6) is 0.0317. The van der Waals surface area contributed by atoms with Crippen LogP contribution in [0.5, 0.6) is 5.75 Å². The number of ether oxygens (including phenoxy) is 1. The maximum atomic E-state index is 12.5. The zero-order chi connectivity index (χ0) is 19.0. The Morgan fingerprint density at radius 2 is 2.04 bits per heavy atom. The Bertz CT molecular complexity index is 1130. The molecular formula is C16H17N5O4S. The number of nitrogens with zero attached hydrogens (tertiary/aromatic N) is 3. The number of rotatable bonds is 5. The van der Waals surface area contributed by atoms with Gasteiger partial charge in [-0.25, -0.2) is 9.78 Å². The number of carbonyl (C=O) groups is 1. The third kappa shape index (κ3) is 2.99. The van der Waals surface area contributed by atoms with Crippen molar-refractivity contribution in [3.05, 3.63) is 44.6 Å². The smallest absolute Gasteiger partial charge is 0.332 e. The number of hydrogen-bond donors (Lipinski definition) is 2. The lowest BCUT2D eigenvalue weighted by Crippen LogP contribution is -2.41. The number of aromatic amines is 1. The molecule has 0 unspecified atom stereocenters. The zero-order valence-corrected chi connectivity index (χ0v) is 15.2. The predicted molar refractivity (Wildman–Crippen MR) is 99.0 cm³/mol. The first-order valence-electron chi connectivity index (χ1n) is 7.58. The van der Waals surface area contributed by atoms with Gasteiger partial charge in [-0.15, -0.1) is 0 Å². The standard InChI is InChI=1S/C16H17N5O4S/c1-20-13(17)12(14(23)21(2)16(20)24)11(22)7-26-15-18-9-5-4-8(25-3)6-10(9)19-15/h4-6H,7,17H2,1-3H3,(H,18,19). The number of nitrogens with two attached hydrogens (primary N) is 1. The summed E-state index contributed by atoms with van der Waals surface area (Å²) in [5.41, 5.74) is 5.83. The van der Waals surface area contributed by atoms with Crippen LogP contribution in [-0.4, -0.2) is 37.7 Å². The molecule has 2 aromatic heterocycles. The summed E-state index contributed by atoms with van der Waals surface area (Å²) in [4.78, 5) is 44.0. The number of carbonyl (C=O) groups excluding carboxylic acids is 1. The lowest BCUT2D eigenvalue weighted by atomic mass is 10.2. The van der Waals surface area contributed by atoms with E-state index in [0.717, 1.165) is 31.9 Å². The fourth-order valence-corrected chi connectivity index (χ4v) is 3.25. The minimum Gasteiger partial charge on any atom is -0.497 e. The number of fused-ring (bicyclic) bond motifs is 1. The van der Waals surface area contributed by atoms with Gasteiger partial charge in [-0.3, -0.25) is 18.7 Å². The van der Waals surface area contributed by atoms with E-state index in [0.29, 0.717) is 10.9 Å². The molecule has 0 fully saturated rings. The lowest BCUT2D eigenvalue weighted by Gasteiger charge is -2.10. The number of imidazole rings is 1. The summed E-state index contributed by atoms with van der Waals surface area (Å²) in [6, 6.07) is 5.39. The molecule has 0 radical (unpaired) electrons. The van der Waals surface area contributed by atoms with Crippen molar-refractivity contribution in [2.75, 3.05) is 18.6 Å². The van der Waals surface area contributed by atoms with Crippen LogP contribution in [0.2, 0.25) is 0 Å². The average molecular weight is 375 g/mol. The largest absolute Gasteiger partial charge is 0.497 e. The molecular weight excluding hydrogens is 358 g/mol. The van der Waals surface area contributed by atoms with Gasteiger partial charge < -0.3 is 15.5 Å². The Labute approximate surface area is 151 Å². The Kier molecular flexibility index (Phi) is 4.60. The Morgan fingerprint density at radius 3 is 2.73 bits per heavy atom. The Hall–Kier alpha value is -3.01. The highest BCUT2D eigenvalue weighted by Gasteiger charge is 2.20. The van der Waals surface area contributed by atoms with Crippen LogP contribution >= 0.6 is 11.8 Å². The van der Waals surface area contributed by atoms with Crippen LogP contribution in [0.15, 0.2) is 32.9 Å². The molecule has 0 aliphatic rings. The van der Waals surface area contributed by atoms with Gasteiger partial charge in [-0.2, -0.15) is 0 Å². The van der Waals surface area contributed by atoms with E-state index in [1.807, 2.05) is 0 Å². The molecule has 136 valence electrons. The minimum atomic E-state index is -0.703. The highest BCUT2D eigenvalue weighted by Crippen LogP contribution is 2.23. The molecule has 2 heterocycles. The summed E-state index contributed by atoms with van der Waals surface area (Å²) in [7, 11) is 4.29. The van der Waals surface area contributed by atoms with Crippen molar-refractivity contribution >= 4 is 34.4 Å². The van der Waals surface area contributed by atoms with Crippen molar-refractivity contribution in [2.45, 2.75) is 5.16 Å². The number of ketones is 1. The Balaban J connectivity index is 1.86. The number of aromatic nitrogens is 4. The molecule has 3 rings (SSSR count). The molecule has 9 nitrogen and oxygen atoms in total. The Morgan fingerprint density at radius 1 is 1.31 bits per heavy atom. The topological polar surface area (TPSA) is 125 Å². The van der Waals surface area contributed by atoms with E-state index < -0.39 is 17.0 Å². The van der Waals surface area contributed by atoms with E-state index in [2.05, 4.69) is 9.97 Å². The van der Waals surface area contributed by atoms with Gasteiger partial charge in [-0.05, 0) is 12.1 Å². The van der Waals surface area contributed by atoms with Gasteiger partial charge in [0.05, 0.1) is 23.9 Å². The molecule has 0 bridgehead atoms. The van der Waals surface area contributed by atoms with E-state index >= 15 is 0 Å². The molecule has 3 N–H and O–H groups in total. The monoisotopic (exact) mass is 375 g/mol. The van der Waals surface area contributed by atoms with Crippen molar-refractivity contribution < 1.29 is 9.53 Å². The third-order valence-corrected chi connectivity index (χ3v) is 4.87. The molecule has 0 atom stereocenters. The molecule has 0 spiro atoms. The van der Waals surface area contributed by atoms with Gasteiger partial charge in [0.25, 0.3) is 5.56 Å². The summed E-state index contributed by atoms with van der Waals surface area (Å²) in [6.07, 6.45) is 0. The van der Waals surface area contributed by atoms with Crippen LogP contribution < -0.4 is 21.7 Å². The molecule has 0 aliphatic carbocycles. The van der Waals surface area contributed by atoms with Crippen LogP contribution in [0.25, 0.3) is 11.0 Å². The normalized spacial score (nSPS) is 11.0. The van der Waals surface area contributed by atoms with Crippen LogP contribution in [0.4, 0.5) is 5.82 Å². The number of nitrogens with one attached hydrogen (secondary N) is 1. The zero-order valence-electron chi connectivity index (χ0n) is 14.4. The van der Waals surface area contributed by atoms with Crippen molar-refractivity contribution in [2.24, 2.45) is 14.1 Å². The number of methoxy groups -OCH3 is 1. The van der Waals surface area contributed by atoms with Gasteiger partial charge in [0.2, 0.25) is 0 Å². The number of benzene rings is 1. The highest BCUT2D eigenvalue weighted by molar-refractivity contribution is 7.99. The van der Waals surface area contributed by atoms with Crippen molar-refractivity contribution in [3.63, 3.8) is 0 Å². The number of anilines is 1. The van der Waals surface area contributed by atoms with Gasteiger partial charge in [0, 0.05) is 20.2 Å². The minimum absolute atomic E-state index is 0.0470. The van der Waals surface area contributed by atoms with Crippen LogP contribution in [0, 0.1) is 0 Å². The second-order valence-corrected chi connectivity index (χ2v) is 6.57. The summed E-state index contributed by atoms with van der Waals surface area (Å²) in [6.45, 7) is 0. The maximum Gasteiger partial charge on any atom is 0.332 e. The number of thioether (sulfide) groups is 1. The second-order valence-electron chi connectivity index (χ2n) is 5.60. The van der Waals surface area contributed by atoms with Crippen LogP contribution in [0.1, 0.15) is 10.4 Å². The van der Waals surface area contributed by atoms with Gasteiger partial charge in [0.1, 0.15) is 17.1 Å². The van der Waals surface area contributed by atoms with Gasteiger partial charge >= 0.3 is 5.69 Å². The van der Waals surface area contributed by atoms with Gasteiger partial charge in [0.15, 0.2) is 10.9 Å². The molecule has 0 saturated carbocycles. The van der Waals surface area contributed by atoms with E-state index in [1.165, 1.54) is 14.1 Å². The van der Waals surface area contributed by atoms with Crippen LogP contribution in [0.3, 0.4) is 0 Å². The SMILES string of the molecule is COc1ccc2nc(SCC(=O)c3c(N)n(C)c(=O)n(C)c3=O)[nH]c2c1. The first kappa shape index (κ1) is 17.8. The van der Waals surface area contributed by atoms with Gasteiger partial charge in [-0.1, -0.05) is 11.8 Å². The third-order valence-electron chi connectivity index (χ3n) is 4.00. The van der Waals surface area contributed by atoms with E-state index in [1.54, 1.807) is 25.3 Å². The average Bonchev–Trinajstić information content (AvgIpc) is 3.05. The number of hydrogen-bond acceptors (Lipinski definition) is 7. The second kappa shape index (κ2) is 6.71. The predicted octanol–water partition coefficient (Wildman–Crippen LogP) is 0.526. The van der Waals surface area contributed by atoms with Crippen molar-refractivity contribution in [3.8, 4) is 5.75 Å². The lowest BCUT2D eigenvalue weighted by molar-refractivity contribution is 0.102. The number of Topliss-reactive ketones (excluding diaryl/α,β-unsaturated/α-hetero) is 1.